The molecule has 1 unspecified atom stereocenters. The van der Waals surface area contributed by atoms with Crippen LogP contribution in [0.4, 0.5) is 0 Å². The minimum Gasteiger partial charge on any atom is -0.361 e. The van der Waals surface area contributed by atoms with E-state index in [1.165, 1.54) is 10.9 Å². The van der Waals surface area contributed by atoms with Crippen LogP contribution in [0, 0.1) is 5.92 Å². The maximum Gasteiger partial charge on any atom is 0.254 e. The van der Waals surface area contributed by atoms with Gasteiger partial charge in [-0.25, -0.2) is 4.98 Å². The molecule has 0 aliphatic heterocycles. The Kier molecular flexibility index (Phi) is 6.07. The molecule has 1 aliphatic rings. The second-order valence-corrected chi connectivity index (χ2v) is 8.81. The van der Waals surface area contributed by atoms with Crippen LogP contribution in [0.15, 0.2) is 65.6 Å². The maximum absolute atomic E-state index is 12.7. The summed E-state index contributed by atoms with van der Waals surface area (Å²) in [6.45, 7) is 0.643. The van der Waals surface area contributed by atoms with E-state index in [0.29, 0.717) is 37.5 Å². The predicted molar refractivity (Wildman–Crippen MR) is 130 cm³/mol. The highest BCUT2D eigenvalue weighted by atomic mass is 16.1. The van der Waals surface area contributed by atoms with Gasteiger partial charge in [0.1, 0.15) is 5.82 Å². The number of para-hydroxylation sites is 1. The number of amides is 1. The first-order valence-electron chi connectivity index (χ1n) is 11.7. The van der Waals surface area contributed by atoms with Crippen molar-refractivity contribution in [1.29, 1.82) is 0 Å². The lowest BCUT2D eigenvalue weighted by atomic mass is 9.99. The predicted octanol–water partition coefficient (Wildman–Crippen LogP) is 4.16. The molecular weight excluding hydrogens is 412 g/mol. The summed E-state index contributed by atoms with van der Waals surface area (Å²) in [5, 5.41) is 4.29. The number of rotatable bonds is 6. The maximum atomic E-state index is 12.7. The Morgan fingerprint density at radius 2 is 1.82 bits per heavy atom. The number of benzene rings is 2. The summed E-state index contributed by atoms with van der Waals surface area (Å²) < 4.78 is 0. The number of hydrogen-bond donors (Lipinski definition) is 3. The number of carbonyl (C=O) groups excluding carboxylic acids is 1. The first kappa shape index (κ1) is 21.2. The van der Waals surface area contributed by atoms with Crippen molar-refractivity contribution in [2.75, 3.05) is 6.54 Å². The summed E-state index contributed by atoms with van der Waals surface area (Å²) in [6.07, 6.45) is 6.43. The number of H-pyrrole nitrogens is 2. The zero-order chi connectivity index (χ0) is 22.6. The molecule has 0 bridgehead atoms. The van der Waals surface area contributed by atoms with Gasteiger partial charge < -0.3 is 15.3 Å². The van der Waals surface area contributed by atoms with Crippen LogP contribution in [0.1, 0.15) is 36.1 Å². The zero-order valence-corrected chi connectivity index (χ0v) is 18.6. The van der Waals surface area contributed by atoms with Gasteiger partial charge in [-0.2, -0.15) is 0 Å². The molecule has 5 rings (SSSR count). The molecule has 2 aromatic carbocycles. The quantitative estimate of drug-likeness (QED) is 0.393. The molecule has 0 saturated carbocycles. The Morgan fingerprint density at radius 1 is 1.03 bits per heavy atom. The van der Waals surface area contributed by atoms with E-state index in [0.717, 1.165) is 41.6 Å². The molecule has 2 aromatic heterocycles. The van der Waals surface area contributed by atoms with Crippen molar-refractivity contribution in [2.24, 2.45) is 5.92 Å². The second-order valence-electron chi connectivity index (χ2n) is 8.81. The van der Waals surface area contributed by atoms with Crippen LogP contribution in [0.5, 0.6) is 0 Å². The van der Waals surface area contributed by atoms with E-state index < -0.39 is 0 Å². The van der Waals surface area contributed by atoms with Crippen LogP contribution < -0.4 is 10.9 Å². The van der Waals surface area contributed by atoms with Crippen LogP contribution in [-0.4, -0.2) is 27.4 Å². The fourth-order valence-electron chi connectivity index (χ4n) is 4.71. The topological polar surface area (TPSA) is 90.6 Å². The molecule has 6 nitrogen and oxygen atoms in total. The molecule has 0 saturated heterocycles. The third-order valence-corrected chi connectivity index (χ3v) is 6.62. The van der Waals surface area contributed by atoms with Gasteiger partial charge in [0.25, 0.3) is 5.56 Å². The first-order valence-corrected chi connectivity index (χ1v) is 11.7. The molecule has 4 aromatic rings. The summed E-state index contributed by atoms with van der Waals surface area (Å²) in [5.74, 6) is 1.04. The average molecular weight is 441 g/mol. The highest BCUT2D eigenvalue weighted by Crippen LogP contribution is 2.23. The number of aryl methyl sites for hydroxylation is 2. The molecular formula is C27H28N4O2. The Hall–Kier alpha value is -3.67. The molecule has 168 valence electrons. The van der Waals surface area contributed by atoms with Gasteiger partial charge in [-0.15, -0.1) is 0 Å². The van der Waals surface area contributed by atoms with Crippen LogP contribution in [0.3, 0.4) is 0 Å². The number of aromatic nitrogens is 3. The van der Waals surface area contributed by atoms with E-state index in [-0.39, 0.29) is 11.5 Å². The molecule has 33 heavy (non-hydrogen) atoms. The molecule has 2 heterocycles. The second kappa shape index (κ2) is 9.45. The zero-order valence-electron chi connectivity index (χ0n) is 18.6. The van der Waals surface area contributed by atoms with E-state index >= 15 is 0 Å². The number of hydrogen-bond acceptors (Lipinski definition) is 3. The number of nitrogens with one attached hydrogen (secondary N) is 3. The summed E-state index contributed by atoms with van der Waals surface area (Å²) in [4.78, 5) is 36.2. The van der Waals surface area contributed by atoms with E-state index in [4.69, 9.17) is 4.98 Å². The lowest BCUT2D eigenvalue weighted by molar-refractivity contribution is -0.121. The third-order valence-electron chi connectivity index (χ3n) is 6.62. The van der Waals surface area contributed by atoms with Crippen LogP contribution in [0.2, 0.25) is 0 Å². The fourth-order valence-corrected chi connectivity index (χ4v) is 4.71. The SMILES string of the molecule is O=C(CCc1c[nH]c2ccccc12)NCC1CCc2nc(-c3ccccc3)[nH]c(=O)c2CC1. The van der Waals surface area contributed by atoms with Crippen molar-refractivity contribution in [3.05, 3.63) is 88.0 Å². The molecule has 6 heteroatoms. The van der Waals surface area contributed by atoms with Crippen LogP contribution in [0.25, 0.3) is 22.3 Å². The third kappa shape index (κ3) is 4.75. The fraction of sp³-hybridized carbons (Fsp3) is 0.296. The summed E-state index contributed by atoms with van der Waals surface area (Å²) >= 11 is 0. The van der Waals surface area contributed by atoms with E-state index in [1.807, 2.05) is 54.7 Å². The largest absolute Gasteiger partial charge is 0.361 e. The molecule has 0 fully saturated rings. The summed E-state index contributed by atoms with van der Waals surface area (Å²) in [6, 6.07) is 17.9. The van der Waals surface area contributed by atoms with Gasteiger partial charge in [0.15, 0.2) is 0 Å². The van der Waals surface area contributed by atoms with Gasteiger partial charge in [-0.3, -0.25) is 9.59 Å². The van der Waals surface area contributed by atoms with E-state index in [1.54, 1.807) is 0 Å². The number of nitrogens with zero attached hydrogens (tertiary/aromatic N) is 1. The Labute approximate surface area is 192 Å². The summed E-state index contributed by atoms with van der Waals surface area (Å²) in [5.41, 5.74) is 4.84. The Bertz CT molecular complexity index is 1320. The van der Waals surface area contributed by atoms with Crippen molar-refractivity contribution in [2.45, 2.75) is 38.5 Å². The van der Waals surface area contributed by atoms with Crippen molar-refractivity contribution in [3.63, 3.8) is 0 Å². The Balaban J connectivity index is 1.17. The minimum absolute atomic E-state index is 0.0396. The lowest BCUT2D eigenvalue weighted by Crippen LogP contribution is -2.29. The first-order chi connectivity index (χ1) is 16.2. The van der Waals surface area contributed by atoms with Gasteiger partial charge in [0.05, 0.1) is 5.69 Å². The van der Waals surface area contributed by atoms with E-state index in [2.05, 4.69) is 21.4 Å². The van der Waals surface area contributed by atoms with Gasteiger partial charge in [-0.05, 0) is 49.7 Å². The molecule has 1 amide bonds. The Morgan fingerprint density at radius 3 is 2.70 bits per heavy atom. The molecule has 0 radical (unpaired) electrons. The number of aromatic amines is 2. The molecule has 1 aliphatic carbocycles. The highest BCUT2D eigenvalue weighted by Gasteiger charge is 2.21. The average Bonchev–Trinajstić information content (AvgIpc) is 3.14. The summed E-state index contributed by atoms with van der Waals surface area (Å²) in [7, 11) is 0. The highest BCUT2D eigenvalue weighted by molar-refractivity contribution is 5.84. The van der Waals surface area contributed by atoms with Crippen molar-refractivity contribution in [1.82, 2.24) is 20.3 Å². The molecule has 0 spiro atoms. The number of fused-ring (bicyclic) bond motifs is 2. The van der Waals surface area contributed by atoms with Crippen molar-refractivity contribution >= 4 is 16.8 Å². The smallest absolute Gasteiger partial charge is 0.254 e. The molecule has 3 N–H and O–H groups in total. The number of carbonyl (C=O) groups is 1. The van der Waals surface area contributed by atoms with Gasteiger partial charge in [-0.1, -0.05) is 48.5 Å². The van der Waals surface area contributed by atoms with Crippen molar-refractivity contribution in [3.8, 4) is 11.4 Å². The molecule has 1 atom stereocenters. The lowest BCUT2D eigenvalue weighted by Gasteiger charge is -2.14. The standard InChI is InChI=1S/C27H28N4O2/c32-25(15-12-20-17-28-23-9-5-4-8-21(20)23)29-16-18-10-13-22-24(14-11-18)30-26(31-27(22)33)19-6-2-1-3-7-19/h1-9,17-18,28H,10-16H2,(H,29,32)(H,30,31,33). The van der Waals surface area contributed by atoms with Gasteiger partial charge >= 0.3 is 0 Å². The van der Waals surface area contributed by atoms with Gasteiger partial charge in [0, 0.05) is 41.2 Å². The van der Waals surface area contributed by atoms with Crippen LogP contribution in [-0.2, 0) is 24.1 Å². The van der Waals surface area contributed by atoms with Gasteiger partial charge in [0.2, 0.25) is 5.91 Å². The van der Waals surface area contributed by atoms with E-state index in [9.17, 15) is 9.59 Å². The van der Waals surface area contributed by atoms with Crippen LogP contribution >= 0.6 is 0 Å². The van der Waals surface area contributed by atoms with Crippen molar-refractivity contribution < 1.29 is 4.79 Å². The normalized spacial score (nSPS) is 15.7. The monoisotopic (exact) mass is 440 g/mol. The minimum atomic E-state index is -0.0396.